The second kappa shape index (κ2) is 5.91. The van der Waals surface area contributed by atoms with Gasteiger partial charge in [-0.25, -0.2) is 0 Å². The lowest BCUT2D eigenvalue weighted by Gasteiger charge is -2.07. The van der Waals surface area contributed by atoms with Gasteiger partial charge in [-0.05, 0) is 19.1 Å². The first-order valence-electron chi connectivity index (χ1n) is 6.00. The number of nitrogens with zero attached hydrogens (tertiary/aromatic N) is 4. The molecule has 0 spiro atoms. The normalized spacial score (nSPS) is 10.2. The summed E-state index contributed by atoms with van der Waals surface area (Å²) in [6, 6.07) is 4.27. The molecular weight excluding hydrogens is 262 g/mol. The van der Waals surface area contributed by atoms with Crippen LogP contribution in [0.5, 0.6) is 0 Å². The molecular formula is C12H13N5O3. The fraction of sp³-hybridized carbons (Fsp3) is 0.250. The molecule has 2 aromatic rings. The average Bonchev–Trinajstić information content (AvgIpc) is 2.92. The molecule has 8 nitrogen and oxygen atoms in total. The van der Waals surface area contributed by atoms with Crippen LogP contribution in [-0.4, -0.2) is 26.0 Å². The number of carbonyl (C=O) groups excluding carboxylic acids is 1. The van der Waals surface area contributed by atoms with E-state index in [1.807, 2.05) is 11.5 Å². The van der Waals surface area contributed by atoms with Crippen LogP contribution in [-0.2, 0) is 13.1 Å². The van der Waals surface area contributed by atoms with Crippen molar-refractivity contribution in [3.05, 3.63) is 46.0 Å². The van der Waals surface area contributed by atoms with E-state index < -0.39 is 4.92 Å². The quantitative estimate of drug-likeness (QED) is 0.488. The number of aldehydes is 1. The number of hydrogen-bond acceptors (Lipinski definition) is 6. The summed E-state index contributed by atoms with van der Waals surface area (Å²) in [7, 11) is 0. The summed E-state index contributed by atoms with van der Waals surface area (Å²) in [6.07, 6.45) is 2.17. The first-order chi connectivity index (χ1) is 9.65. The van der Waals surface area contributed by atoms with E-state index in [9.17, 15) is 14.9 Å². The van der Waals surface area contributed by atoms with E-state index >= 15 is 0 Å². The number of nitro benzene ring substituents is 1. The van der Waals surface area contributed by atoms with Crippen LogP contribution < -0.4 is 5.32 Å². The van der Waals surface area contributed by atoms with Crippen molar-refractivity contribution in [1.82, 2.24) is 14.8 Å². The van der Waals surface area contributed by atoms with E-state index in [1.165, 1.54) is 18.2 Å². The van der Waals surface area contributed by atoms with Crippen molar-refractivity contribution in [2.45, 2.75) is 20.0 Å². The second-order valence-corrected chi connectivity index (χ2v) is 4.04. The number of anilines is 1. The molecule has 0 saturated carbocycles. The molecule has 0 bridgehead atoms. The number of nitrogens with one attached hydrogen (secondary N) is 1. The standard InChI is InChI=1S/C12H13N5O3/c1-2-16-8-14-15-12(16)6-13-10-4-3-9(7-18)5-11(10)17(19)20/h3-5,7-8,13H,2,6H2,1H3. The van der Waals surface area contributed by atoms with Crippen molar-refractivity contribution < 1.29 is 9.72 Å². The zero-order chi connectivity index (χ0) is 14.5. The third kappa shape index (κ3) is 2.79. The summed E-state index contributed by atoms with van der Waals surface area (Å²) in [5.74, 6) is 0.682. The molecule has 20 heavy (non-hydrogen) atoms. The fourth-order valence-corrected chi connectivity index (χ4v) is 1.78. The van der Waals surface area contributed by atoms with E-state index in [-0.39, 0.29) is 11.3 Å². The highest BCUT2D eigenvalue weighted by Crippen LogP contribution is 2.25. The first-order valence-corrected chi connectivity index (χ1v) is 6.00. The zero-order valence-corrected chi connectivity index (χ0v) is 10.8. The second-order valence-electron chi connectivity index (χ2n) is 4.04. The minimum Gasteiger partial charge on any atom is -0.372 e. The number of aromatic nitrogens is 3. The van der Waals surface area contributed by atoms with Crippen LogP contribution in [0.3, 0.4) is 0 Å². The molecule has 0 saturated heterocycles. The summed E-state index contributed by atoms with van der Waals surface area (Å²) < 4.78 is 1.83. The highest BCUT2D eigenvalue weighted by molar-refractivity contribution is 5.79. The third-order valence-electron chi connectivity index (χ3n) is 2.83. The SMILES string of the molecule is CCn1cnnc1CNc1ccc(C=O)cc1[N+](=O)[O-]. The van der Waals surface area contributed by atoms with Gasteiger partial charge in [0.15, 0.2) is 5.82 Å². The highest BCUT2D eigenvalue weighted by Gasteiger charge is 2.15. The molecule has 0 aliphatic heterocycles. The average molecular weight is 275 g/mol. The van der Waals surface area contributed by atoms with Crippen molar-refractivity contribution >= 4 is 17.7 Å². The first kappa shape index (κ1) is 13.7. The molecule has 104 valence electrons. The van der Waals surface area contributed by atoms with Gasteiger partial charge in [0.25, 0.3) is 5.69 Å². The van der Waals surface area contributed by atoms with Crippen LogP contribution in [0.4, 0.5) is 11.4 Å². The molecule has 1 aromatic carbocycles. The Balaban J connectivity index is 2.21. The molecule has 0 fully saturated rings. The number of aryl methyl sites for hydroxylation is 1. The zero-order valence-electron chi connectivity index (χ0n) is 10.8. The Bertz CT molecular complexity index is 638. The molecule has 0 amide bonds. The molecule has 0 aliphatic carbocycles. The van der Waals surface area contributed by atoms with Crippen molar-refractivity contribution in [2.75, 3.05) is 5.32 Å². The lowest BCUT2D eigenvalue weighted by molar-refractivity contribution is -0.384. The smallest absolute Gasteiger partial charge is 0.293 e. The minimum atomic E-state index is -0.528. The molecule has 0 radical (unpaired) electrons. The summed E-state index contributed by atoms with van der Waals surface area (Å²) in [6.45, 7) is 2.99. The van der Waals surface area contributed by atoms with Crippen LogP contribution in [0.2, 0.25) is 0 Å². The van der Waals surface area contributed by atoms with Gasteiger partial charge in [0.05, 0.1) is 11.5 Å². The van der Waals surface area contributed by atoms with Gasteiger partial charge in [-0.1, -0.05) is 0 Å². The predicted molar refractivity (Wildman–Crippen MR) is 71.5 cm³/mol. The van der Waals surface area contributed by atoms with Crippen LogP contribution >= 0.6 is 0 Å². The van der Waals surface area contributed by atoms with Gasteiger partial charge in [0.2, 0.25) is 0 Å². The number of rotatable bonds is 6. The predicted octanol–water partition coefficient (Wildman–Crippen LogP) is 1.63. The molecule has 1 N–H and O–H groups in total. The molecule has 0 atom stereocenters. The van der Waals surface area contributed by atoms with Gasteiger partial charge in [-0.15, -0.1) is 10.2 Å². The highest BCUT2D eigenvalue weighted by atomic mass is 16.6. The van der Waals surface area contributed by atoms with E-state index in [2.05, 4.69) is 15.5 Å². The topological polar surface area (TPSA) is 103 Å². The third-order valence-corrected chi connectivity index (χ3v) is 2.83. The molecule has 0 unspecified atom stereocenters. The summed E-state index contributed by atoms with van der Waals surface area (Å²) >= 11 is 0. The number of carbonyl (C=O) groups is 1. The van der Waals surface area contributed by atoms with Crippen LogP contribution in [0.1, 0.15) is 23.1 Å². The van der Waals surface area contributed by atoms with Crippen LogP contribution in [0, 0.1) is 10.1 Å². The Morgan fingerprint density at radius 3 is 2.95 bits per heavy atom. The maximum atomic E-state index is 11.0. The van der Waals surface area contributed by atoms with Gasteiger partial charge in [-0.3, -0.25) is 14.9 Å². The Hall–Kier alpha value is -2.77. The summed E-state index contributed by atoms with van der Waals surface area (Å²) in [4.78, 5) is 21.1. The van der Waals surface area contributed by atoms with Gasteiger partial charge < -0.3 is 9.88 Å². The molecule has 8 heteroatoms. The maximum Gasteiger partial charge on any atom is 0.293 e. The van der Waals surface area contributed by atoms with E-state index in [4.69, 9.17) is 0 Å². The van der Waals surface area contributed by atoms with Gasteiger partial charge in [-0.2, -0.15) is 0 Å². The lowest BCUT2D eigenvalue weighted by Crippen LogP contribution is -2.09. The fourth-order valence-electron chi connectivity index (χ4n) is 1.78. The van der Waals surface area contributed by atoms with Gasteiger partial charge in [0.1, 0.15) is 18.3 Å². The minimum absolute atomic E-state index is 0.142. The van der Waals surface area contributed by atoms with Crippen molar-refractivity contribution in [2.24, 2.45) is 0 Å². The van der Waals surface area contributed by atoms with Crippen molar-refractivity contribution in [3.8, 4) is 0 Å². The molecule has 0 aliphatic rings. The Morgan fingerprint density at radius 2 is 2.30 bits per heavy atom. The number of nitro groups is 1. The lowest BCUT2D eigenvalue weighted by atomic mass is 10.2. The Morgan fingerprint density at radius 1 is 1.50 bits per heavy atom. The van der Waals surface area contributed by atoms with Crippen molar-refractivity contribution in [3.63, 3.8) is 0 Å². The maximum absolute atomic E-state index is 11.0. The Labute approximate surface area is 114 Å². The van der Waals surface area contributed by atoms with Gasteiger partial charge in [0, 0.05) is 18.2 Å². The molecule has 2 rings (SSSR count). The summed E-state index contributed by atoms with van der Waals surface area (Å²) in [5.41, 5.74) is 0.461. The van der Waals surface area contributed by atoms with E-state index in [1.54, 1.807) is 6.33 Å². The molecule has 1 aromatic heterocycles. The van der Waals surface area contributed by atoms with Crippen molar-refractivity contribution in [1.29, 1.82) is 0 Å². The van der Waals surface area contributed by atoms with E-state index in [0.717, 1.165) is 6.54 Å². The Kier molecular flexibility index (Phi) is 4.04. The van der Waals surface area contributed by atoms with Gasteiger partial charge >= 0.3 is 0 Å². The number of hydrogen-bond donors (Lipinski definition) is 1. The van der Waals surface area contributed by atoms with Crippen LogP contribution in [0.15, 0.2) is 24.5 Å². The number of benzene rings is 1. The van der Waals surface area contributed by atoms with E-state index in [0.29, 0.717) is 24.3 Å². The molecule has 1 heterocycles. The van der Waals surface area contributed by atoms with Crippen LogP contribution in [0.25, 0.3) is 0 Å². The largest absolute Gasteiger partial charge is 0.372 e. The monoisotopic (exact) mass is 275 g/mol. The summed E-state index contributed by atoms with van der Waals surface area (Å²) in [5, 5.41) is 21.7.